The molecule has 130 valence electrons. The van der Waals surface area contributed by atoms with Crippen molar-refractivity contribution in [3.05, 3.63) is 22.2 Å². The number of carboxylic acid groups (broad SMARTS) is 1. The van der Waals surface area contributed by atoms with Gasteiger partial charge in [-0.3, -0.25) is 4.79 Å². The van der Waals surface area contributed by atoms with E-state index in [0.717, 1.165) is 35.6 Å². The fraction of sp³-hybridized carbons (Fsp3) is 0.647. The molecule has 0 aliphatic heterocycles. The highest BCUT2D eigenvalue weighted by atomic mass is 32.1. The maximum absolute atomic E-state index is 10.5. The zero-order valence-corrected chi connectivity index (χ0v) is 14.5. The number of aliphatic hydroxyl groups is 2. The van der Waals surface area contributed by atoms with Crippen LogP contribution in [0.5, 0.6) is 0 Å². The number of thiazole rings is 1. The van der Waals surface area contributed by atoms with Crippen molar-refractivity contribution < 1.29 is 20.1 Å². The van der Waals surface area contributed by atoms with Gasteiger partial charge in [0.1, 0.15) is 5.01 Å². The van der Waals surface area contributed by atoms with Crippen LogP contribution in [0.1, 0.15) is 74.3 Å². The second kappa shape index (κ2) is 11.3. The number of aliphatic hydroxyl groups excluding tert-OH is 2. The summed E-state index contributed by atoms with van der Waals surface area (Å²) < 4.78 is 0. The molecule has 1 rings (SSSR count). The van der Waals surface area contributed by atoms with Gasteiger partial charge in [0, 0.05) is 12.6 Å². The second-order valence-corrected chi connectivity index (χ2v) is 6.78. The zero-order chi connectivity index (χ0) is 17.1. The van der Waals surface area contributed by atoms with Crippen LogP contribution in [0.2, 0.25) is 0 Å². The molecule has 0 amide bonds. The molecule has 3 N–H and O–H groups in total. The first-order valence-corrected chi connectivity index (χ1v) is 9.04. The summed E-state index contributed by atoms with van der Waals surface area (Å²) >= 11 is 1.40. The number of unbranched alkanes of at least 4 members (excludes halogenated alkanes) is 2. The lowest BCUT2D eigenvalue weighted by atomic mass is 10.1. The highest BCUT2D eigenvalue weighted by Crippen LogP contribution is 2.25. The Bertz CT molecular complexity index is 487. The molecule has 2 unspecified atom stereocenters. The SMILES string of the molecule is CCCCCC(O)C/C=C/c1ncc(C(O)CCCC(=O)O)s1. The van der Waals surface area contributed by atoms with Crippen molar-refractivity contribution in [1.29, 1.82) is 0 Å². The zero-order valence-electron chi connectivity index (χ0n) is 13.6. The van der Waals surface area contributed by atoms with Gasteiger partial charge in [-0.1, -0.05) is 32.3 Å². The third kappa shape index (κ3) is 8.83. The molecular formula is C17H27NO4S. The summed E-state index contributed by atoms with van der Waals surface area (Å²) in [6.07, 6.45) is 10.2. The quantitative estimate of drug-likeness (QED) is 0.503. The largest absolute Gasteiger partial charge is 0.481 e. The molecule has 0 aliphatic carbocycles. The van der Waals surface area contributed by atoms with E-state index in [1.54, 1.807) is 6.20 Å². The van der Waals surface area contributed by atoms with Crippen LogP contribution in [0.15, 0.2) is 12.3 Å². The van der Waals surface area contributed by atoms with Gasteiger partial charge in [0.2, 0.25) is 0 Å². The van der Waals surface area contributed by atoms with Gasteiger partial charge in [-0.15, -0.1) is 11.3 Å². The van der Waals surface area contributed by atoms with Crippen LogP contribution in [0.25, 0.3) is 6.08 Å². The molecule has 0 saturated heterocycles. The highest BCUT2D eigenvalue weighted by molar-refractivity contribution is 7.12. The van der Waals surface area contributed by atoms with Crippen LogP contribution in [0.4, 0.5) is 0 Å². The number of carboxylic acids is 1. The number of aliphatic carboxylic acids is 1. The van der Waals surface area contributed by atoms with Gasteiger partial charge in [-0.25, -0.2) is 4.98 Å². The summed E-state index contributed by atoms with van der Waals surface area (Å²) in [4.78, 5) is 15.4. The smallest absolute Gasteiger partial charge is 0.303 e. The van der Waals surface area contributed by atoms with Crippen molar-refractivity contribution in [2.24, 2.45) is 0 Å². The predicted octanol–water partition coefficient (Wildman–Crippen LogP) is 3.78. The molecule has 0 radical (unpaired) electrons. The standard InChI is InChI=1S/C17H27NO4S/c1-2-3-4-7-13(19)8-5-10-16-18-12-15(23-16)14(20)9-6-11-17(21)22/h5,10,12-14,19-20H,2-4,6-9,11H2,1H3,(H,21,22)/b10-5+. The summed E-state index contributed by atoms with van der Waals surface area (Å²) in [5, 5.41) is 29.2. The Morgan fingerprint density at radius 1 is 1.30 bits per heavy atom. The summed E-state index contributed by atoms with van der Waals surface area (Å²) in [7, 11) is 0. The van der Waals surface area contributed by atoms with Crippen molar-refractivity contribution in [2.75, 3.05) is 0 Å². The number of aromatic nitrogens is 1. The van der Waals surface area contributed by atoms with Gasteiger partial charge in [-0.05, 0) is 31.8 Å². The van der Waals surface area contributed by atoms with Crippen molar-refractivity contribution in [2.45, 2.75) is 70.5 Å². The Hall–Kier alpha value is -1.24. The maximum Gasteiger partial charge on any atom is 0.303 e. The molecule has 0 spiro atoms. The number of nitrogens with zero attached hydrogens (tertiary/aromatic N) is 1. The predicted molar refractivity (Wildman–Crippen MR) is 92.4 cm³/mol. The first-order chi connectivity index (χ1) is 11.0. The molecule has 0 bridgehead atoms. The molecule has 5 nitrogen and oxygen atoms in total. The van der Waals surface area contributed by atoms with E-state index in [0.29, 0.717) is 19.3 Å². The highest BCUT2D eigenvalue weighted by Gasteiger charge is 2.11. The van der Waals surface area contributed by atoms with Crippen LogP contribution in [-0.2, 0) is 4.79 Å². The number of carbonyl (C=O) groups is 1. The fourth-order valence-electron chi connectivity index (χ4n) is 2.19. The van der Waals surface area contributed by atoms with Crippen LogP contribution in [0.3, 0.4) is 0 Å². The van der Waals surface area contributed by atoms with Crippen LogP contribution in [0, 0.1) is 0 Å². The Morgan fingerprint density at radius 2 is 2.09 bits per heavy atom. The lowest BCUT2D eigenvalue weighted by Gasteiger charge is -2.06. The van der Waals surface area contributed by atoms with Crippen molar-refractivity contribution in [3.63, 3.8) is 0 Å². The summed E-state index contributed by atoms with van der Waals surface area (Å²) in [5.41, 5.74) is 0. The van der Waals surface area contributed by atoms with E-state index in [9.17, 15) is 15.0 Å². The van der Waals surface area contributed by atoms with E-state index >= 15 is 0 Å². The summed E-state index contributed by atoms with van der Waals surface area (Å²) in [6, 6.07) is 0. The third-order valence-electron chi connectivity index (χ3n) is 3.55. The first-order valence-electron chi connectivity index (χ1n) is 8.23. The Labute approximate surface area is 141 Å². The van der Waals surface area contributed by atoms with E-state index in [1.165, 1.54) is 11.3 Å². The first kappa shape index (κ1) is 19.8. The van der Waals surface area contributed by atoms with Crippen molar-refractivity contribution in [1.82, 2.24) is 4.98 Å². The second-order valence-electron chi connectivity index (χ2n) is 5.69. The molecule has 1 aromatic heterocycles. The lowest BCUT2D eigenvalue weighted by molar-refractivity contribution is -0.137. The number of rotatable bonds is 12. The molecule has 23 heavy (non-hydrogen) atoms. The molecule has 2 atom stereocenters. The molecule has 0 fully saturated rings. The van der Waals surface area contributed by atoms with Crippen LogP contribution < -0.4 is 0 Å². The summed E-state index contributed by atoms with van der Waals surface area (Å²) in [5.74, 6) is -0.845. The maximum atomic E-state index is 10.5. The van der Waals surface area contributed by atoms with E-state index in [-0.39, 0.29) is 12.5 Å². The average Bonchev–Trinajstić information content (AvgIpc) is 2.96. The van der Waals surface area contributed by atoms with Gasteiger partial charge >= 0.3 is 5.97 Å². The van der Waals surface area contributed by atoms with Gasteiger partial charge in [0.25, 0.3) is 0 Å². The van der Waals surface area contributed by atoms with Gasteiger partial charge in [-0.2, -0.15) is 0 Å². The van der Waals surface area contributed by atoms with Gasteiger partial charge < -0.3 is 15.3 Å². The van der Waals surface area contributed by atoms with E-state index in [4.69, 9.17) is 5.11 Å². The normalized spacial score (nSPS) is 14.2. The molecular weight excluding hydrogens is 314 g/mol. The minimum Gasteiger partial charge on any atom is -0.481 e. The van der Waals surface area contributed by atoms with Gasteiger partial charge in [0.15, 0.2) is 0 Å². The third-order valence-corrected chi connectivity index (χ3v) is 4.61. The van der Waals surface area contributed by atoms with Crippen LogP contribution >= 0.6 is 11.3 Å². The molecule has 6 heteroatoms. The Balaban J connectivity index is 2.34. The minimum absolute atomic E-state index is 0.0680. The minimum atomic E-state index is -0.845. The topological polar surface area (TPSA) is 90.7 Å². The van der Waals surface area contributed by atoms with E-state index in [2.05, 4.69) is 11.9 Å². The van der Waals surface area contributed by atoms with Crippen LogP contribution in [-0.4, -0.2) is 32.4 Å². The summed E-state index contributed by atoms with van der Waals surface area (Å²) in [6.45, 7) is 2.14. The van der Waals surface area contributed by atoms with E-state index < -0.39 is 12.1 Å². The molecule has 1 heterocycles. The van der Waals surface area contributed by atoms with Crippen molar-refractivity contribution >= 4 is 23.4 Å². The molecule has 1 aromatic rings. The Kier molecular flexibility index (Phi) is 9.75. The number of hydrogen-bond acceptors (Lipinski definition) is 5. The number of hydrogen-bond donors (Lipinski definition) is 3. The molecule has 0 saturated carbocycles. The Morgan fingerprint density at radius 3 is 2.78 bits per heavy atom. The molecule has 0 aliphatic rings. The van der Waals surface area contributed by atoms with Crippen molar-refractivity contribution in [3.8, 4) is 0 Å². The fourth-order valence-corrected chi connectivity index (χ4v) is 3.06. The van der Waals surface area contributed by atoms with E-state index in [1.807, 2.05) is 12.2 Å². The molecule has 0 aromatic carbocycles. The van der Waals surface area contributed by atoms with Gasteiger partial charge in [0.05, 0.1) is 17.1 Å². The average molecular weight is 341 g/mol. The monoisotopic (exact) mass is 341 g/mol. The lowest BCUT2D eigenvalue weighted by Crippen LogP contribution is -2.03.